The summed E-state index contributed by atoms with van der Waals surface area (Å²) in [6.45, 7) is 7.60. The van der Waals surface area contributed by atoms with Crippen LogP contribution in [0.5, 0.6) is 0 Å². The van der Waals surface area contributed by atoms with Gasteiger partial charge in [0.2, 0.25) is 0 Å². The van der Waals surface area contributed by atoms with Gasteiger partial charge >= 0.3 is 0 Å². The van der Waals surface area contributed by atoms with Crippen molar-refractivity contribution in [3.63, 3.8) is 0 Å². The van der Waals surface area contributed by atoms with Gasteiger partial charge in [-0.2, -0.15) is 11.8 Å². The Morgan fingerprint density at radius 3 is 2.56 bits per heavy atom. The van der Waals surface area contributed by atoms with Crippen molar-refractivity contribution >= 4 is 27.6 Å². The molecule has 0 aliphatic rings. The number of nitrogens with zero attached hydrogens (tertiary/aromatic N) is 1. The predicted molar refractivity (Wildman–Crippen MR) is 110 cm³/mol. The third-order valence-electron chi connectivity index (χ3n) is 3.54. The average molecular weight is 386 g/mol. The SMILES string of the molecule is CCNC(=NCCSCc1ccc(C)cc1)NC(C)CCS(C)(=O)=O. The van der Waals surface area contributed by atoms with E-state index in [4.69, 9.17) is 0 Å². The van der Waals surface area contributed by atoms with Crippen LogP contribution in [0.4, 0.5) is 0 Å². The highest BCUT2D eigenvalue weighted by Crippen LogP contribution is 2.12. The van der Waals surface area contributed by atoms with Gasteiger partial charge in [0.05, 0.1) is 12.3 Å². The van der Waals surface area contributed by atoms with Gasteiger partial charge in [-0.3, -0.25) is 4.99 Å². The summed E-state index contributed by atoms with van der Waals surface area (Å²) in [5.41, 5.74) is 2.61. The summed E-state index contributed by atoms with van der Waals surface area (Å²) in [5, 5.41) is 6.48. The average Bonchev–Trinajstić information content (AvgIpc) is 2.54. The molecular weight excluding hydrogens is 354 g/mol. The molecular formula is C18H31N3O2S2. The summed E-state index contributed by atoms with van der Waals surface area (Å²) in [7, 11) is -2.92. The van der Waals surface area contributed by atoms with E-state index in [1.54, 1.807) is 0 Å². The molecule has 0 saturated heterocycles. The molecule has 0 aromatic heterocycles. The Kier molecular flexibility index (Phi) is 9.97. The number of sulfone groups is 1. The van der Waals surface area contributed by atoms with Crippen LogP contribution in [-0.4, -0.2) is 51.3 Å². The monoisotopic (exact) mass is 385 g/mol. The van der Waals surface area contributed by atoms with Gasteiger partial charge in [0, 0.05) is 30.3 Å². The minimum atomic E-state index is -2.92. The number of aliphatic imine (C=N–C) groups is 1. The van der Waals surface area contributed by atoms with E-state index in [0.717, 1.165) is 30.6 Å². The molecule has 142 valence electrons. The fourth-order valence-electron chi connectivity index (χ4n) is 2.11. The topological polar surface area (TPSA) is 70.6 Å². The van der Waals surface area contributed by atoms with E-state index < -0.39 is 9.84 Å². The second-order valence-corrected chi connectivity index (χ2v) is 9.63. The van der Waals surface area contributed by atoms with Gasteiger partial charge in [-0.15, -0.1) is 0 Å². The minimum Gasteiger partial charge on any atom is -0.357 e. The van der Waals surface area contributed by atoms with Gasteiger partial charge < -0.3 is 10.6 Å². The number of thioether (sulfide) groups is 1. The van der Waals surface area contributed by atoms with E-state index in [0.29, 0.717) is 6.42 Å². The first-order valence-electron chi connectivity index (χ1n) is 8.66. The largest absolute Gasteiger partial charge is 0.357 e. The molecule has 0 aliphatic heterocycles. The molecule has 0 fully saturated rings. The number of hydrogen-bond donors (Lipinski definition) is 2. The smallest absolute Gasteiger partial charge is 0.191 e. The molecule has 25 heavy (non-hydrogen) atoms. The van der Waals surface area contributed by atoms with Crippen LogP contribution in [0.1, 0.15) is 31.4 Å². The lowest BCUT2D eigenvalue weighted by molar-refractivity contribution is 0.581. The minimum absolute atomic E-state index is 0.0627. The van der Waals surface area contributed by atoms with Crippen molar-refractivity contribution in [1.82, 2.24) is 10.6 Å². The van der Waals surface area contributed by atoms with Crippen molar-refractivity contribution in [3.05, 3.63) is 35.4 Å². The third-order valence-corrected chi connectivity index (χ3v) is 5.53. The van der Waals surface area contributed by atoms with Gasteiger partial charge in [0.25, 0.3) is 0 Å². The van der Waals surface area contributed by atoms with Gasteiger partial charge in [-0.25, -0.2) is 8.42 Å². The van der Waals surface area contributed by atoms with Crippen LogP contribution in [0, 0.1) is 6.92 Å². The molecule has 0 bridgehead atoms. The fraction of sp³-hybridized carbons (Fsp3) is 0.611. The summed E-state index contributed by atoms with van der Waals surface area (Å²) in [5.74, 6) is 2.87. The molecule has 0 aliphatic carbocycles. The van der Waals surface area contributed by atoms with Crippen LogP contribution >= 0.6 is 11.8 Å². The first kappa shape index (κ1) is 21.8. The van der Waals surface area contributed by atoms with E-state index in [9.17, 15) is 8.42 Å². The molecule has 0 heterocycles. The lowest BCUT2D eigenvalue weighted by Crippen LogP contribution is -2.43. The van der Waals surface area contributed by atoms with E-state index in [1.807, 2.05) is 25.6 Å². The Balaban J connectivity index is 2.35. The van der Waals surface area contributed by atoms with Crippen molar-refractivity contribution in [3.8, 4) is 0 Å². The maximum Gasteiger partial charge on any atom is 0.191 e. The number of aryl methyl sites for hydroxylation is 1. The highest BCUT2D eigenvalue weighted by atomic mass is 32.2. The highest BCUT2D eigenvalue weighted by molar-refractivity contribution is 7.98. The molecule has 0 radical (unpaired) electrons. The molecule has 1 aromatic carbocycles. The highest BCUT2D eigenvalue weighted by Gasteiger charge is 2.09. The quantitative estimate of drug-likeness (QED) is 0.368. The molecule has 2 N–H and O–H groups in total. The number of benzene rings is 1. The maximum atomic E-state index is 11.3. The molecule has 1 unspecified atom stereocenters. The van der Waals surface area contributed by atoms with Crippen molar-refractivity contribution in [2.24, 2.45) is 4.99 Å². The molecule has 5 nitrogen and oxygen atoms in total. The summed E-state index contributed by atoms with van der Waals surface area (Å²) < 4.78 is 22.5. The molecule has 0 spiro atoms. The zero-order valence-corrected chi connectivity index (χ0v) is 17.3. The number of rotatable bonds is 10. The summed E-state index contributed by atoms with van der Waals surface area (Å²) in [6.07, 6.45) is 1.84. The number of guanidine groups is 1. The molecule has 1 atom stereocenters. The van der Waals surface area contributed by atoms with E-state index in [1.165, 1.54) is 17.4 Å². The van der Waals surface area contributed by atoms with Crippen LogP contribution < -0.4 is 10.6 Å². The van der Waals surface area contributed by atoms with Crippen LogP contribution in [-0.2, 0) is 15.6 Å². The lowest BCUT2D eigenvalue weighted by atomic mass is 10.2. The van der Waals surface area contributed by atoms with Crippen molar-refractivity contribution in [2.45, 2.75) is 39.0 Å². The molecule has 0 saturated carbocycles. The second-order valence-electron chi connectivity index (χ2n) is 6.26. The molecule has 1 rings (SSSR count). The van der Waals surface area contributed by atoms with Crippen LogP contribution in [0.3, 0.4) is 0 Å². The molecule has 7 heteroatoms. The van der Waals surface area contributed by atoms with E-state index >= 15 is 0 Å². The molecule has 0 amide bonds. The van der Waals surface area contributed by atoms with Crippen LogP contribution in [0.15, 0.2) is 29.3 Å². The van der Waals surface area contributed by atoms with Crippen molar-refractivity contribution in [1.29, 1.82) is 0 Å². The second kappa shape index (κ2) is 11.4. The Labute approximate surface area is 157 Å². The van der Waals surface area contributed by atoms with Gasteiger partial charge in [-0.1, -0.05) is 29.8 Å². The third kappa shape index (κ3) is 11.1. The maximum absolute atomic E-state index is 11.3. The Morgan fingerprint density at radius 1 is 1.28 bits per heavy atom. The normalized spacial score (nSPS) is 13.5. The van der Waals surface area contributed by atoms with Crippen LogP contribution in [0.2, 0.25) is 0 Å². The first-order valence-corrected chi connectivity index (χ1v) is 11.9. The summed E-state index contributed by atoms with van der Waals surface area (Å²) in [4.78, 5) is 4.57. The number of nitrogens with one attached hydrogen (secondary N) is 2. The van der Waals surface area contributed by atoms with Gasteiger partial charge in [-0.05, 0) is 32.8 Å². The first-order chi connectivity index (χ1) is 11.8. The zero-order valence-electron chi connectivity index (χ0n) is 15.7. The Morgan fingerprint density at radius 2 is 1.96 bits per heavy atom. The van der Waals surface area contributed by atoms with Crippen LogP contribution in [0.25, 0.3) is 0 Å². The number of hydrogen-bond acceptors (Lipinski definition) is 4. The van der Waals surface area contributed by atoms with Crippen molar-refractivity contribution < 1.29 is 8.42 Å². The summed E-state index contributed by atoms with van der Waals surface area (Å²) >= 11 is 1.86. The standard InChI is InChI=1S/C18H31N3O2S2/c1-5-19-18(21-16(3)10-13-25(4,22)23)20-11-12-24-14-17-8-6-15(2)7-9-17/h6-9,16H,5,10-14H2,1-4H3,(H2,19,20,21). The van der Waals surface area contributed by atoms with Crippen molar-refractivity contribution in [2.75, 3.05) is 30.9 Å². The van der Waals surface area contributed by atoms with Gasteiger partial charge in [0.1, 0.15) is 9.84 Å². The lowest BCUT2D eigenvalue weighted by Gasteiger charge is -2.17. The van der Waals surface area contributed by atoms with E-state index in [-0.39, 0.29) is 11.8 Å². The predicted octanol–water partition coefficient (Wildman–Crippen LogP) is 2.61. The fourth-order valence-corrected chi connectivity index (χ4v) is 3.69. The van der Waals surface area contributed by atoms with Gasteiger partial charge in [0.15, 0.2) is 5.96 Å². The zero-order chi connectivity index (χ0) is 18.7. The van der Waals surface area contributed by atoms with E-state index in [2.05, 4.69) is 46.8 Å². The molecule has 1 aromatic rings. The Bertz CT molecular complexity index is 628. The Hall–Kier alpha value is -1.21. The summed E-state index contributed by atoms with van der Waals surface area (Å²) in [6, 6.07) is 8.67.